The number of rotatable bonds is 7. The molecule has 2 amide bonds. The smallest absolute Gasteiger partial charge is 0.317 e. The van der Waals surface area contributed by atoms with Crippen molar-refractivity contribution >= 4 is 34.2 Å². The van der Waals surface area contributed by atoms with Crippen molar-refractivity contribution in [1.82, 2.24) is 25.3 Å². The zero-order valence-electron chi connectivity index (χ0n) is 25.6. The van der Waals surface area contributed by atoms with E-state index in [1.54, 1.807) is 4.68 Å². The van der Waals surface area contributed by atoms with Crippen LogP contribution in [0.3, 0.4) is 0 Å². The van der Waals surface area contributed by atoms with Gasteiger partial charge in [-0.05, 0) is 68.6 Å². The van der Waals surface area contributed by atoms with E-state index in [-0.39, 0.29) is 17.1 Å². The molecular weight excluding hydrogens is 550 g/mol. The minimum Gasteiger partial charge on any atom is -0.317 e. The Labute approximate surface area is 257 Å². The van der Waals surface area contributed by atoms with Gasteiger partial charge in [0.15, 0.2) is 5.78 Å². The lowest BCUT2D eigenvalue weighted by atomic mass is 9.76. The van der Waals surface area contributed by atoms with Gasteiger partial charge in [0.05, 0.1) is 22.8 Å². The molecule has 5 aromatic rings. The molecule has 0 spiro atoms. The number of aryl methyl sites for hydroxylation is 1. The number of aromatic amines is 1. The Morgan fingerprint density at radius 3 is 2.39 bits per heavy atom. The minimum absolute atomic E-state index is 0.0451. The lowest BCUT2D eigenvalue weighted by molar-refractivity contribution is 0.0913. The van der Waals surface area contributed by atoms with E-state index in [9.17, 15) is 9.59 Å². The molecule has 1 aliphatic rings. The first-order chi connectivity index (χ1) is 21.2. The maximum absolute atomic E-state index is 14.3. The third-order valence-corrected chi connectivity index (χ3v) is 8.38. The van der Waals surface area contributed by atoms with Crippen LogP contribution in [-0.2, 0) is 5.41 Å². The first-order valence-electron chi connectivity index (χ1n) is 15.2. The number of benzene rings is 3. The highest BCUT2D eigenvalue weighted by Gasteiger charge is 2.35. The average Bonchev–Trinajstić information content (AvgIpc) is 3.64. The van der Waals surface area contributed by atoms with Crippen LogP contribution in [0.4, 0.5) is 16.3 Å². The quantitative estimate of drug-likeness (QED) is 0.153. The van der Waals surface area contributed by atoms with Crippen molar-refractivity contribution in [2.24, 2.45) is 5.92 Å². The summed E-state index contributed by atoms with van der Waals surface area (Å²) < 4.78 is 1.76. The summed E-state index contributed by atoms with van der Waals surface area (Å²) in [6, 6.07) is 24.8. The van der Waals surface area contributed by atoms with E-state index in [4.69, 9.17) is 5.10 Å². The highest BCUT2D eigenvalue weighted by atomic mass is 16.2. The number of fused-ring (bicyclic) bond motifs is 1. The van der Waals surface area contributed by atoms with Crippen LogP contribution in [0, 0.1) is 12.8 Å². The van der Waals surface area contributed by atoms with Crippen molar-refractivity contribution in [1.29, 1.82) is 0 Å². The second-order valence-corrected chi connectivity index (χ2v) is 12.6. The number of nitrogens with zero attached hydrogens (tertiary/aromatic N) is 3. The number of anilines is 2. The summed E-state index contributed by atoms with van der Waals surface area (Å²) in [7, 11) is 0. The summed E-state index contributed by atoms with van der Waals surface area (Å²) >= 11 is 0. The molecular formula is C35H39N7O2. The molecule has 0 aliphatic carbocycles. The fraction of sp³-hybridized carbons (Fsp3) is 0.314. The Kier molecular flexibility index (Phi) is 8.05. The molecule has 1 unspecified atom stereocenters. The number of piperidine rings is 1. The zero-order chi connectivity index (χ0) is 30.8. The number of aromatic nitrogens is 4. The first kappa shape index (κ1) is 29.3. The number of ketones is 1. The monoisotopic (exact) mass is 589 g/mol. The molecule has 0 saturated carbocycles. The van der Waals surface area contributed by atoms with E-state index in [0.29, 0.717) is 17.2 Å². The van der Waals surface area contributed by atoms with Gasteiger partial charge in [-0.15, -0.1) is 0 Å². The van der Waals surface area contributed by atoms with Crippen LogP contribution in [0.2, 0.25) is 0 Å². The lowest BCUT2D eigenvalue weighted by Crippen LogP contribution is -2.34. The van der Waals surface area contributed by atoms with Gasteiger partial charge in [-0.1, -0.05) is 74.9 Å². The normalized spacial score (nSPS) is 14.8. The zero-order valence-corrected chi connectivity index (χ0v) is 25.6. The number of hydrogen-bond acceptors (Lipinski definition) is 5. The number of amides is 2. The van der Waals surface area contributed by atoms with Crippen LogP contribution in [0.25, 0.3) is 16.6 Å². The first-order valence-corrected chi connectivity index (χ1v) is 15.2. The molecule has 1 atom stereocenters. The molecule has 4 N–H and O–H groups in total. The van der Waals surface area contributed by atoms with Gasteiger partial charge in [-0.3, -0.25) is 15.2 Å². The molecule has 2 aromatic heterocycles. The summed E-state index contributed by atoms with van der Waals surface area (Å²) in [5.74, 6) is 0.146. The van der Waals surface area contributed by atoms with Gasteiger partial charge in [0.1, 0.15) is 11.5 Å². The number of urea groups is 1. The summed E-state index contributed by atoms with van der Waals surface area (Å²) in [4.78, 5) is 28.0. The SMILES string of the molecule is Cc1ccc(-n2nc(C(C)(C)C)cc2NC(=O)Nc2ccccc2C(C(=O)c2n[nH]c3ccccc23)C2CCNCC2)cc1. The van der Waals surface area contributed by atoms with Gasteiger partial charge in [0.2, 0.25) is 0 Å². The van der Waals surface area contributed by atoms with Crippen LogP contribution >= 0.6 is 0 Å². The van der Waals surface area contributed by atoms with E-state index < -0.39 is 11.9 Å². The fourth-order valence-electron chi connectivity index (χ4n) is 5.96. The third kappa shape index (κ3) is 6.01. The Bertz CT molecular complexity index is 1790. The van der Waals surface area contributed by atoms with E-state index in [2.05, 4.69) is 46.9 Å². The Morgan fingerprint density at radius 1 is 0.932 bits per heavy atom. The molecule has 1 fully saturated rings. The molecule has 3 aromatic carbocycles. The Morgan fingerprint density at radius 2 is 1.64 bits per heavy atom. The number of nitrogens with one attached hydrogen (secondary N) is 4. The molecule has 1 saturated heterocycles. The van der Waals surface area contributed by atoms with Crippen molar-refractivity contribution in [3.63, 3.8) is 0 Å². The predicted molar refractivity (Wildman–Crippen MR) is 175 cm³/mol. The average molecular weight is 590 g/mol. The molecule has 3 heterocycles. The predicted octanol–water partition coefficient (Wildman–Crippen LogP) is 6.96. The van der Waals surface area contributed by atoms with Crippen LogP contribution in [0.1, 0.15) is 66.8 Å². The second kappa shape index (κ2) is 12.1. The van der Waals surface area contributed by atoms with Crippen molar-refractivity contribution < 1.29 is 9.59 Å². The highest BCUT2D eigenvalue weighted by Crippen LogP contribution is 2.38. The van der Waals surface area contributed by atoms with Gasteiger partial charge in [0.25, 0.3) is 0 Å². The van der Waals surface area contributed by atoms with Crippen LogP contribution in [0.5, 0.6) is 0 Å². The van der Waals surface area contributed by atoms with Crippen LogP contribution < -0.4 is 16.0 Å². The van der Waals surface area contributed by atoms with Gasteiger partial charge >= 0.3 is 6.03 Å². The molecule has 1 aliphatic heterocycles. The number of H-pyrrole nitrogens is 1. The van der Waals surface area contributed by atoms with Crippen molar-refractivity contribution in [2.45, 2.75) is 51.9 Å². The van der Waals surface area contributed by atoms with Crippen LogP contribution in [-0.4, -0.2) is 44.9 Å². The topological polar surface area (TPSA) is 117 Å². The van der Waals surface area contributed by atoms with E-state index in [0.717, 1.165) is 59.3 Å². The maximum Gasteiger partial charge on any atom is 0.324 e. The molecule has 44 heavy (non-hydrogen) atoms. The maximum atomic E-state index is 14.3. The largest absolute Gasteiger partial charge is 0.324 e. The Balaban J connectivity index is 1.33. The summed E-state index contributed by atoms with van der Waals surface area (Å²) in [6.45, 7) is 9.99. The van der Waals surface area contributed by atoms with Gasteiger partial charge in [0, 0.05) is 22.6 Å². The standard InChI is InChI=1S/C35H39N7O2/c1-22-13-15-24(16-14-22)42-30(21-29(41-42)35(2,3)4)38-34(44)37-27-11-7-5-9-25(27)31(23-17-19-36-20-18-23)33(43)32-26-10-6-8-12-28(26)39-40-32/h5-16,21,23,31,36H,17-20H2,1-4H3,(H,39,40)(H2,37,38,44). The van der Waals surface area contributed by atoms with E-state index in [1.165, 1.54) is 0 Å². The van der Waals surface area contributed by atoms with Gasteiger partial charge in [-0.25, -0.2) is 9.48 Å². The molecule has 9 nitrogen and oxygen atoms in total. The van der Waals surface area contributed by atoms with E-state index in [1.807, 2.05) is 85.8 Å². The number of hydrogen-bond donors (Lipinski definition) is 4. The van der Waals surface area contributed by atoms with Crippen molar-refractivity contribution in [3.05, 3.63) is 101 Å². The fourth-order valence-corrected chi connectivity index (χ4v) is 5.96. The number of Topliss-reactive ketones (excluding diaryl/α,β-unsaturated/α-hetero) is 1. The van der Waals surface area contributed by atoms with Crippen LogP contribution in [0.15, 0.2) is 78.9 Å². The second-order valence-electron chi connectivity index (χ2n) is 12.6. The molecule has 226 valence electrons. The molecule has 0 bridgehead atoms. The lowest BCUT2D eigenvalue weighted by Gasteiger charge is -2.31. The van der Waals surface area contributed by atoms with Crippen molar-refractivity contribution in [2.75, 3.05) is 23.7 Å². The summed E-state index contributed by atoms with van der Waals surface area (Å²) in [5, 5.41) is 22.6. The summed E-state index contributed by atoms with van der Waals surface area (Å²) in [5.41, 5.74) is 5.27. The minimum atomic E-state index is -0.467. The summed E-state index contributed by atoms with van der Waals surface area (Å²) in [6.07, 6.45) is 1.70. The third-order valence-electron chi connectivity index (χ3n) is 8.38. The molecule has 0 radical (unpaired) electrons. The van der Waals surface area contributed by atoms with E-state index >= 15 is 0 Å². The number of carbonyl (C=O) groups is 2. The molecule has 6 rings (SSSR count). The Hall–Kier alpha value is -4.76. The number of carbonyl (C=O) groups excluding carboxylic acids is 2. The molecule has 9 heteroatoms. The van der Waals surface area contributed by atoms with Crippen molar-refractivity contribution in [3.8, 4) is 5.69 Å². The highest BCUT2D eigenvalue weighted by molar-refractivity contribution is 6.10. The van der Waals surface area contributed by atoms with Gasteiger partial charge in [-0.2, -0.15) is 10.2 Å². The van der Waals surface area contributed by atoms with Gasteiger partial charge < -0.3 is 10.6 Å². The number of para-hydroxylation sites is 2.